The summed E-state index contributed by atoms with van der Waals surface area (Å²) in [6.07, 6.45) is -3.51. The van der Waals surface area contributed by atoms with Gasteiger partial charge in [0.05, 0.1) is 17.1 Å². The number of nitrogens with zero attached hydrogens (tertiary/aromatic N) is 1. The van der Waals surface area contributed by atoms with E-state index in [1.807, 2.05) is 0 Å². The summed E-state index contributed by atoms with van der Waals surface area (Å²) in [7, 11) is 0. The first-order valence-electron chi connectivity index (χ1n) is 4.35. The molecule has 1 aromatic carbocycles. The number of nitriles is 1. The van der Waals surface area contributed by atoms with Crippen molar-refractivity contribution in [2.75, 3.05) is 0 Å². The molecule has 0 N–H and O–H groups in total. The van der Waals surface area contributed by atoms with Gasteiger partial charge in [-0.1, -0.05) is 12.1 Å². The predicted molar refractivity (Wildman–Crippen MR) is 50.0 cm³/mol. The molecule has 6 heteroatoms. The van der Waals surface area contributed by atoms with Crippen molar-refractivity contribution in [3.05, 3.63) is 41.0 Å². The largest absolute Gasteiger partial charge is 0.544 e. The molecule has 17 heavy (non-hydrogen) atoms. The minimum Gasteiger partial charge on any atom is -0.544 e. The summed E-state index contributed by atoms with van der Waals surface area (Å²) in [5.74, 6) is -1.67. The number of carboxylic acids is 1. The summed E-state index contributed by atoms with van der Waals surface area (Å²) >= 11 is 0. The minimum absolute atomic E-state index is 0.179. The first-order chi connectivity index (χ1) is 7.84. The van der Waals surface area contributed by atoms with Crippen LogP contribution in [0.4, 0.5) is 13.2 Å². The molecule has 0 fully saturated rings. The van der Waals surface area contributed by atoms with E-state index < -0.39 is 23.3 Å². The molecule has 0 aliphatic carbocycles. The molecule has 3 nitrogen and oxygen atoms in total. The van der Waals surface area contributed by atoms with Crippen molar-refractivity contribution in [3.8, 4) is 6.07 Å². The molecule has 0 radical (unpaired) electrons. The summed E-state index contributed by atoms with van der Waals surface area (Å²) in [6.45, 7) is 0. The Hall–Kier alpha value is -2.29. The lowest BCUT2D eigenvalue weighted by atomic mass is 10.1. The Labute approximate surface area is 94.4 Å². The van der Waals surface area contributed by atoms with Crippen molar-refractivity contribution < 1.29 is 23.1 Å². The number of halogens is 3. The second kappa shape index (κ2) is 4.70. The normalized spacial score (nSPS) is 12.0. The number of carboxylic acid groups (broad SMARTS) is 1. The molecule has 0 heterocycles. The minimum atomic E-state index is -4.45. The van der Waals surface area contributed by atoms with Gasteiger partial charge in [0.25, 0.3) is 0 Å². The van der Waals surface area contributed by atoms with E-state index in [-0.39, 0.29) is 5.56 Å². The molecule has 0 saturated carbocycles. The van der Waals surface area contributed by atoms with E-state index >= 15 is 0 Å². The van der Waals surface area contributed by atoms with Gasteiger partial charge in [-0.25, -0.2) is 0 Å². The van der Waals surface area contributed by atoms with Gasteiger partial charge < -0.3 is 9.90 Å². The smallest absolute Gasteiger partial charge is 0.416 e. The van der Waals surface area contributed by atoms with Crippen molar-refractivity contribution >= 4 is 12.0 Å². The van der Waals surface area contributed by atoms with Crippen LogP contribution in [0.5, 0.6) is 0 Å². The Bertz CT molecular complexity index is 495. The molecule has 0 aliphatic heterocycles. The maximum Gasteiger partial charge on any atom is 0.416 e. The Balaban J connectivity index is 3.05. The zero-order chi connectivity index (χ0) is 13.1. The van der Waals surface area contributed by atoms with E-state index in [1.54, 1.807) is 0 Å². The third-order valence-electron chi connectivity index (χ3n) is 1.89. The van der Waals surface area contributed by atoms with Crippen LogP contribution < -0.4 is 5.11 Å². The lowest BCUT2D eigenvalue weighted by molar-refractivity contribution is -0.298. The second-order valence-electron chi connectivity index (χ2n) is 3.08. The highest BCUT2D eigenvalue weighted by atomic mass is 19.4. The van der Waals surface area contributed by atoms with E-state index in [9.17, 15) is 23.1 Å². The van der Waals surface area contributed by atoms with Crippen molar-refractivity contribution in [2.45, 2.75) is 6.18 Å². The fraction of sp³-hybridized carbons (Fsp3) is 0.0909. The molecule has 0 aliphatic rings. The van der Waals surface area contributed by atoms with E-state index in [2.05, 4.69) is 0 Å². The van der Waals surface area contributed by atoms with Crippen LogP contribution in [0.3, 0.4) is 0 Å². The Morgan fingerprint density at radius 2 is 1.82 bits per heavy atom. The first-order valence-corrected chi connectivity index (χ1v) is 4.35. The lowest BCUT2D eigenvalue weighted by Crippen LogP contribution is -2.23. The fourth-order valence-corrected chi connectivity index (χ4v) is 1.07. The lowest BCUT2D eigenvalue weighted by Gasteiger charge is -2.06. The van der Waals surface area contributed by atoms with Crippen LogP contribution in [0.1, 0.15) is 11.1 Å². The molecule has 0 bridgehead atoms. The van der Waals surface area contributed by atoms with Gasteiger partial charge in [-0.15, -0.1) is 0 Å². The molecule has 0 unspecified atom stereocenters. The van der Waals surface area contributed by atoms with Crippen LogP contribution in [-0.2, 0) is 11.0 Å². The van der Waals surface area contributed by atoms with E-state index in [4.69, 9.17) is 5.26 Å². The number of aliphatic carboxylic acids is 1. The molecule has 0 spiro atoms. The van der Waals surface area contributed by atoms with Crippen LogP contribution >= 0.6 is 0 Å². The van der Waals surface area contributed by atoms with Crippen LogP contribution in [0.15, 0.2) is 29.8 Å². The number of carbonyl (C=O) groups excluding carboxylic acids is 1. The number of carbonyl (C=O) groups is 1. The number of hydrogen-bond donors (Lipinski definition) is 0. The number of alkyl halides is 3. The van der Waals surface area contributed by atoms with Crippen LogP contribution in [-0.4, -0.2) is 5.97 Å². The van der Waals surface area contributed by atoms with Gasteiger partial charge in [-0.05, 0) is 23.8 Å². The predicted octanol–water partition coefficient (Wildman–Crippen LogP) is 1.36. The van der Waals surface area contributed by atoms with Gasteiger partial charge in [0.15, 0.2) is 0 Å². The maximum atomic E-state index is 12.2. The number of hydrogen-bond acceptors (Lipinski definition) is 3. The van der Waals surface area contributed by atoms with Crippen molar-refractivity contribution in [1.82, 2.24) is 0 Å². The quantitative estimate of drug-likeness (QED) is 0.579. The van der Waals surface area contributed by atoms with Gasteiger partial charge in [0.1, 0.15) is 6.07 Å². The highest BCUT2D eigenvalue weighted by molar-refractivity contribution is 5.95. The Kier molecular flexibility index (Phi) is 3.53. The molecule has 88 valence electrons. The Morgan fingerprint density at radius 3 is 2.18 bits per heavy atom. The zero-order valence-corrected chi connectivity index (χ0v) is 8.28. The van der Waals surface area contributed by atoms with Gasteiger partial charge in [0, 0.05) is 0 Å². The monoisotopic (exact) mass is 240 g/mol. The summed E-state index contributed by atoms with van der Waals surface area (Å²) in [5, 5.41) is 18.8. The van der Waals surface area contributed by atoms with Crippen molar-refractivity contribution in [3.63, 3.8) is 0 Å². The molecular weight excluding hydrogens is 235 g/mol. The van der Waals surface area contributed by atoms with Crippen molar-refractivity contribution in [2.24, 2.45) is 0 Å². The highest BCUT2D eigenvalue weighted by Gasteiger charge is 2.29. The first kappa shape index (κ1) is 12.8. The summed E-state index contributed by atoms with van der Waals surface area (Å²) < 4.78 is 36.6. The Morgan fingerprint density at radius 1 is 1.29 bits per heavy atom. The van der Waals surface area contributed by atoms with E-state index in [0.29, 0.717) is 0 Å². The standard InChI is InChI=1S/C11H6F3NO2/c12-11(13,14)9-3-1-7(2-4-9)5-8(6-15)10(16)17/h1-5H,(H,16,17)/p-1/b8-5+. The molecule has 1 rings (SSSR count). The summed E-state index contributed by atoms with van der Waals surface area (Å²) in [4.78, 5) is 10.4. The summed E-state index contributed by atoms with van der Waals surface area (Å²) in [6, 6.07) is 5.12. The fourth-order valence-electron chi connectivity index (χ4n) is 1.07. The maximum absolute atomic E-state index is 12.2. The van der Waals surface area contributed by atoms with E-state index in [1.165, 1.54) is 6.07 Å². The average Bonchev–Trinajstić information content (AvgIpc) is 2.25. The third-order valence-corrected chi connectivity index (χ3v) is 1.89. The van der Waals surface area contributed by atoms with Crippen LogP contribution in [0, 0.1) is 11.3 Å². The summed E-state index contributed by atoms with van der Waals surface area (Å²) in [5.41, 5.74) is -1.31. The molecule has 0 aromatic heterocycles. The molecular formula is C11H5F3NO2-. The number of rotatable bonds is 2. The van der Waals surface area contributed by atoms with Gasteiger partial charge >= 0.3 is 6.18 Å². The van der Waals surface area contributed by atoms with Gasteiger partial charge in [-0.2, -0.15) is 18.4 Å². The van der Waals surface area contributed by atoms with Gasteiger partial charge in [0.2, 0.25) is 0 Å². The second-order valence-corrected chi connectivity index (χ2v) is 3.08. The molecule has 1 aromatic rings. The zero-order valence-electron chi connectivity index (χ0n) is 8.28. The van der Waals surface area contributed by atoms with Crippen LogP contribution in [0.2, 0.25) is 0 Å². The third kappa shape index (κ3) is 3.34. The molecule has 0 amide bonds. The molecule has 0 atom stereocenters. The number of benzene rings is 1. The van der Waals surface area contributed by atoms with Crippen molar-refractivity contribution in [1.29, 1.82) is 5.26 Å². The SMILES string of the molecule is N#C/C(=C\c1ccc(C(F)(F)F)cc1)C(=O)[O-]. The van der Waals surface area contributed by atoms with Crippen LogP contribution in [0.25, 0.3) is 6.08 Å². The topological polar surface area (TPSA) is 63.9 Å². The molecule has 0 saturated heterocycles. The van der Waals surface area contributed by atoms with Gasteiger partial charge in [-0.3, -0.25) is 0 Å². The average molecular weight is 240 g/mol. The highest BCUT2D eigenvalue weighted by Crippen LogP contribution is 2.29. The van der Waals surface area contributed by atoms with E-state index in [0.717, 1.165) is 30.3 Å².